The monoisotopic (exact) mass is 385 g/mol. The minimum atomic E-state index is -0.374. The van der Waals surface area contributed by atoms with Gasteiger partial charge in [-0.25, -0.2) is 8.78 Å². The number of benzene rings is 1. The van der Waals surface area contributed by atoms with Crippen LogP contribution in [0.4, 0.5) is 8.78 Å². The third kappa shape index (κ3) is 5.66. The van der Waals surface area contributed by atoms with Gasteiger partial charge in [-0.15, -0.1) is 0 Å². The summed E-state index contributed by atoms with van der Waals surface area (Å²) in [6, 6.07) is 7.07. The summed E-state index contributed by atoms with van der Waals surface area (Å²) in [5.41, 5.74) is 1.22. The van der Waals surface area contributed by atoms with Crippen molar-refractivity contribution in [3.8, 4) is 6.07 Å². The molecule has 0 atom stereocenters. The summed E-state index contributed by atoms with van der Waals surface area (Å²) < 4.78 is 25.9. The Bertz CT molecular complexity index is 674. The van der Waals surface area contributed by atoms with Gasteiger partial charge in [0.1, 0.15) is 11.9 Å². The van der Waals surface area contributed by atoms with Crippen molar-refractivity contribution >= 4 is 0 Å². The molecule has 3 rings (SSSR count). The zero-order valence-corrected chi connectivity index (χ0v) is 16.9. The first-order valence-electron chi connectivity index (χ1n) is 11.2. The van der Waals surface area contributed by atoms with Crippen LogP contribution in [0.3, 0.4) is 0 Å². The summed E-state index contributed by atoms with van der Waals surface area (Å²) in [6.45, 7) is 0. The summed E-state index contributed by atoms with van der Waals surface area (Å²) in [5, 5.41) is 8.89. The van der Waals surface area contributed by atoms with Crippen LogP contribution in [-0.4, -0.2) is 0 Å². The van der Waals surface area contributed by atoms with E-state index in [1.165, 1.54) is 51.4 Å². The standard InChI is InChI=1S/C25H33F2N/c26-16-4-2-1-3-5-19-6-8-20(9-7-19)21-10-12-22(13-11-21)23-14-15-24(18-28)25(27)17-23/h4,14-17,19-22H,1-3,5-13H2. The molecule has 1 aromatic rings. The van der Waals surface area contributed by atoms with Crippen LogP contribution in [0.25, 0.3) is 0 Å². The third-order valence-electron chi connectivity index (χ3n) is 7.24. The molecule has 0 aliphatic heterocycles. The highest BCUT2D eigenvalue weighted by Gasteiger charge is 2.31. The second-order valence-electron chi connectivity index (χ2n) is 8.89. The molecule has 28 heavy (non-hydrogen) atoms. The van der Waals surface area contributed by atoms with Gasteiger partial charge < -0.3 is 0 Å². The lowest BCUT2D eigenvalue weighted by Gasteiger charge is -2.38. The van der Waals surface area contributed by atoms with Crippen LogP contribution in [-0.2, 0) is 0 Å². The highest BCUT2D eigenvalue weighted by atomic mass is 19.1. The minimum absolute atomic E-state index is 0.146. The van der Waals surface area contributed by atoms with Crippen LogP contribution in [0.2, 0.25) is 0 Å². The smallest absolute Gasteiger partial charge is 0.141 e. The van der Waals surface area contributed by atoms with Gasteiger partial charge in [0.25, 0.3) is 0 Å². The van der Waals surface area contributed by atoms with Gasteiger partial charge in [0.2, 0.25) is 0 Å². The fourth-order valence-electron chi connectivity index (χ4n) is 5.51. The Kier molecular flexibility index (Phi) is 8.07. The van der Waals surface area contributed by atoms with Crippen LogP contribution >= 0.6 is 0 Å². The molecule has 2 saturated carbocycles. The number of allylic oxidation sites excluding steroid dienone is 1. The van der Waals surface area contributed by atoms with Crippen molar-refractivity contribution in [2.75, 3.05) is 0 Å². The second kappa shape index (κ2) is 10.7. The SMILES string of the molecule is N#Cc1ccc(C2CCC(C3CCC(CCCCC=CF)CC3)CC2)cc1F. The topological polar surface area (TPSA) is 23.8 Å². The Hall–Kier alpha value is -1.69. The summed E-state index contributed by atoms with van der Waals surface area (Å²) >= 11 is 0. The van der Waals surface area contributed by atoms with Crippen LogP contribution in [0.1, 0.15) is 94.1 Å². The molecule has 152 valence electrons. The molecule has 0 unspecified atom stereocenters. The molecule has 0 N–H and O–H groups in total. The van der Waals surface area contributed by atoms with E-state index in [0.717, 1.165) is 49.0 Å². The van der Waals surface area contributed by atoms with Crippen molar-refractivity contribution in [2.45, 2.75) is 83.0 Å². The Morgan fingerprint density at radius 1 is 0.964 bits per heavy atom. The number of nitrogens with zero attached hydrogens (tertiary/aromatic N) is 1. The van der Waals surface area contributed by atoms with Crippen molar-refractivity contribution in [3.05, 3.63) is 47.5 Å². The largest absolute Gasteiger partial charge is 0.216 e. The van der Waals surface area contributed by atoms with E-state index < -0.39 is 0 Å². The lowest BCUT2D eigenvalue weighted by Crippen LogP contribution is -2.25. The maximum Gasteiger partial charge on any atom is 0.141 e. The number of unbranched alkanes of at least 4 members (excludes halogenated alkanes) is 2. The summed E-state index contributed by atoms with van der Waals surface area (Å²) in [5.74, 6) is 2.68. The van der Waals surface area contributed by atoms with Crippen LogP contribution in [0, 0.1) is 34.9 Å². The molecular weight excluding hydrogens is 352 g/mol. The number of halogens is 2. The number of rotatable bonds is 7. The molecule has 0 saturated heterocycles. The normalized spacial score (nSPS) is 28.3. The predicted octanol–water partition coefficient (Wildman–Crippen LogP) is 7.82. The van der Waals surface area contributed by atoms with Crippen molar-refractivity contribution < 1.29 is 8.78 Å². The summed E-state index contributed by atoms with van der Waals surface area (Å²) in [4.78, 5) is 0. The maximum absolute atomic E-state index is 13.9. The quantitative estimate of drug-likeness (QED) is 0.439. The highest BCUT2D eigenvalue weighted by molar-refractivity contribution is 5.34. The zero-order chi connectivity index (χ0) is 19.8. The molecule has 2 fully saturated rings. The van der Waals surface area contributed by atoms with Gasteiger partial charge in [-0.3, -0.25) is 0 Å². The van der Waals surface area contributed by atoms with E-state index in [1.807, 2.05) is 12.1 Å². The Morgan fingerprint density at radius 2 is 1.64 bits per heavy atom. The van der Waals surface area contributed by atoms with E-state index >= 15 is 0 Å². The zero-order valence-electron chi connectivity index (χ0n) is 16.9. The van der Waals surface area contributed by atoms with Crippen LogP contribution in [0.15, 0.2) is 30.6 Å². The summed E-state index contributed by atoms with van der Waals surface area (Å²) in [6.07, 6.45) is 17.1. The molecule has 0 radical (unpaired) electrons. The molecule has 2 aliphatic rings. The van der Waals surface area contributed by atoms with Crippen molar-refractivity contribution in [1.82, 2.24) is 0 Å². The lowest BCUT2D eigenvalue weighted by atomic mass is 9.68. The average Bonchev–Trinajstić information content (AvgIpc) is 2.74. The Labute approximate surface area is 168 Å². The maximum atomic E-state index is 13.9. The van der Waals surface area contributed by atoms with Crippen molar-refractivity contribution in [3.63, 3.8) is 0 Å². The van der Waals surface area contributed by atoms with Crippen LogP contribution in [0.5, 0.6) is 0 Å². The van der Waals surface area contributed by atoms with E-state index in [1.54, 1.807) is 18.2 Å². The van der Waals surface area contributed by atoms with E-state index in [2.05, 4.69) is 0 Å². The Morgan fingerprint density at radius 3 is 2.25 bits per heavy atom. The van der Waals surface area contributed by atoms with Crippen molar-refractivity contribution in [2.24, 2.45) is 17.8 Å². The molecule has 0 spiro atoms. The van der Waals surface area contributed by atoms with E-state index in [4.69, 9.17) is 5.26 Å². The molecule has 0 amide bonds. The van der Waals surface area contributed by atoms with Gasteiger partial charge in [0, 0.05) is 0 Å². The van der Waals surface area contributed by atoms with Gasteiger partial charge in [0.05, 0.1) is 11.9 Å². The second-order valence-corrected chi connectivity index (χ2v) is 8.89. The first-order valence-corrected chi connectivity index (χ1v) is 11.2. The van der Waals surface area contributed by atoms with E-state index in [9.17, 15) is 8.78 Å². The third-order valence-corrected chi connectivity index (χ3v) is 7.24. The molecule has 3 heteroatoms. The van der Waals surface area contributed by atoms with Gasteiger partial charge in [-0.05, 0) is 92.7 Å². The molecule has 0 heterocycles. The van der Waals surface area contributed by atoms with Crippen LogP contribution < -0.4 is 0 Å². The fraction of sp³-hybridized carbons (Fsp3) is 0.640. The number of hydrogen-bond acceptors (Lipinski definition) is 1. The van der Waals surface area contributed by atoms with Crippen molar-refractivity contribution in [1.29, 1.82) is 5.26 Å². The first kappa shape index (κ1) is 21.0. The van der Waals surface area contributed by atoms with Gasteiger partial charge in [-0.2, -0.15) is 5.26 Å². The molecule has 2 aliphatic carbocycles. The lowest BCUT2D eigenvalue weighted by molar-refractivity contribution is 0.155. The van der Waals surface area contributed by atoms with Gasteiger partial charge in [-0.1, -0.05) is 37.8 Å². The highest BCUT2D eigenvalue weighted by Crippen LogP contribution is 2.44. The molecule has 1 aromatic carbocycles. The minimum Gasteiger partial charge on any atom is -0.216 e. The molecule has 0 aromatic heterocycles. The molecular formula is C25H33F2N. The first-order chi connectivity index (χ1) is 13.7. The van der Waals surface area contributed by atoms with Gasteiger partial charge >= 0.3 is 0 Å². The predicted molar refractivity (Wildman–Crippen MR) is 110 cm³/mol. The Balaban J connectivity index is 1.39. The number of nitriles is 1. The van der Waals surface area contributed by atoms with E-state index in [0.29, 0.717) is 12.2 Å². The molecule has 0 bridgehead atoms. The fourth-order valence-corrected chi connectivity index (χ4v) is 5.51. The summed E-state index contributed by atoms with van der Waals surface area (Å²) in [7, 11) is 0. The van der Waals surface area contributed by atoms with Gasteiger partial charge in [0.15, 0.2) is 0 Å². The average molecular weight is 386 g/mol. The molecule has 1 nitrogen and oxygen atoms in total. The number of hydrogen-bond donors (Lipinski definition) is 0. The van der Waals surface area contributed by atoms with E-state index in [-0.39, 0.29) is 11.4 Å².